The molecule has 5 nitrogen and oxygen atoms in total. The van der Waals surface area contributed by atoms with E-state index in [0.29, 0.717) is 0 Å². The number of hydrogen-bond acceptors (Lipinski definition) is 3. The lowest BCUT2D eigenvalue weighted by atomic mass is 10.3. The quantitative estimate of drug-likeness (QED) is 0.854. The van der Waals surface area contributed by atoms with Crippen LogP contribution < -0.4 is 5.32 Å². The fraction of sp³-hybridized carbons (Fsp3) is 0.357. The summed E-state index contributed by atoms with van der Waals surface area (Å²) in [6.45, 7) is 0.177. The van der Waals surface area contributed by atoms with Crippen LogP contribution in [-0.4, -0.2) is 37.3 Å². The molecule has 0 bridgehead atoms. The van der Waals surface area contributed by atoms with Crippen LogP contribution in [-0.2, 0) is 14.8 Å². The van der Waals surface area contributed by atoms with Crippen LogP contribution in [0.15, 0.2) is 41.3 Å². The van der Waals surface area contributed by atoms with Crippen molar-refractivity contribution in [3.63, 3.8) is 0 Å². The van der Waals surface area contributed by atoms with E-state index in [4.69, 9.17) is 11.6 Å². The molecular formula is C14H15ClN2O3S. The number of carbonyl (C=O) groups is 1. The van der Waals surface area contributed by atoms with Crippen molar-refractivity contribution in [3.8, 4) is 0 Å². The highest BCUT2D eigenvalue weighted by Crippen LogP contribution is 2.28. The zero-order valence-electron chi connectivity index (χ0n) is 11.2. The van der Waals surface area contributed by atoms with Gasteiger partial charge in [0, 0.05) is 12.6 Å². The molecule has 0 unspecified atom stereocenters. The predicted octanol–water partition coefficient (Wildman–Crippen LogP) is 1.55. The van der Waals surface area contributed by atoms with Gasteiger partial charge in [0.2, 0.25) is 15.9 Å². The Morgan fingerprint density at radius 3 is 2.67 bits per heavy atom. The maximum atomic E-state index is 12.7. The van der Waals surface area contributed by atoms with Gasteiger partial charge in [0.05, 0.1) is 5.02 Å². The zero-order valence-corrected chi connectivity index (χ0v) is 12.8. The van der Waals surface area contributed by atoms with E-state index in [2.05, 4.69) is 5.32 Å². The van der Waals surface area contributed by atoms with E-state index in [1.807, 2.05) is 0 Å². The topological polar surface area (TPSA) is 66.5 Å². The van der Waals surface area contributed by atoms with Crippen LogP contribution in [0.25, 0.3) is 0 Å². The van der Waals surface area contributed by atoms with Gasteiger partial charge in [-0.2, -0.15) is 4.31 Å². The lowest BCUT2D eigenvalue weighted by Gasteiger charge is -2.23. The van der Waals surface area contributed by atoms with Crippen LogP contribution in [0.1, 0.15) is 12.8 Å². The molecule has 1 fully saturated rings. The van der Waals surface area contributed by atoms with Crippen molar-refractivity contribution >= 4 is 27.5 Å². The summed E-state index contributed by atoms with van der Waals surface area (Å²) in [5.74, 6) is -0.276. The second kappa shape index (κ2) is 5.44. The smallest absolute Gasteiger partial charge is 0.245 e. The summed E-state index contributed by atoms with van der Waals surface area (Å²) in [5, 5.41) is 2.99. The molecule has 1 heterocycles. The van der Waals surface area contributed by atoms with E-state index in [1.54, 1.807) is 24.3 Å². The average Bonchev–Trinajstić information content (AvgIpc) is 3.10. The maximum Gasteiger partial charge on any atom is 0.245 e. The van der Waals surface area contributed by atoms with Gasteiger partial charge < -0.3 is 5.32 Å². The van der Waals surface area contributed by atoms with E-state index in [0.717, 1.165) is 12.8 Å². The fourth-order valence-electron chi connectivity index (χ4n) is 2.26. The number of benzene rings is 1. The summed E-state index contributed by atoms with van der Waals surface area (Å²) in [6.07, 6.45) is 5.22. The first-order chi connectivity index (χ1) is 10.00. The van der Waals surface area contributed by atoms with Gasteiger partial charge in [-0.3, -0.25) is 4.79 Å². The largest absolute Gasteiger partial charge is 0.352 e. The van der Waals surface area contributed by atoms with Crippen LogP contribution >= 0.6 is 11.6 Å². The minimum absolute atomic E-state index is 0.0274. The Hall–Kier alpha value is -1.37. The molecule has 1 saturated carbocycles. The van der Waals surface area contributed by atoms with E-state index in [-0.39, 0.29) is 28.4 Å². The molecule has 0 saturated heterocycles. The van der Waals surface area contributed by atoms with Gasteiger partial charge in [-0.15, -0.1) is 0 Å². The molecule has 0 aromatic heterocycles. The summed E-state index contributed by atoms with van der Waals surface area (Å²) >= 11 is 5.98. The van der Waals surface area contributed by atoms with E-state index >= 15 is 0 Å². The second-order valence-electron chi connectivity index (χ2n) is 5.16. The van der Waals surface area contributed by atoms with Crippen LogP contribution in [0.3, 0.4) is 0 Å². The van der Waals surface area contributed by atoms with Crippen molar-refractivity contribution in [1.29, 1.82) is 0 Å². The molecule has 3 rings (SSSR count). The molecule has 112 valence electrons. The summed E-state index contributed by atoms with van der Waals surface area (Å²) in [5.41, 5.74) is 0. The lowest BCUT2D eigenvalue weighted by molar-refractivity contribution is -0.123. The molecule has 0 radical (unpaired) electrons. The Balaban J connectivity index is 1.87. The highest BCUT2D eigenvalue weighted by atomic mass is 35.5. The van der Waals surface area contributed by atoms with E-state index in [9.17, 15) is 13.2 Å². The van der Waals surface area contributed by atoms with E-state index < -0.39 is 16.1 Å². The van der Waals surface area contributed by atoms with Gasteiger partial charge >= 0.3 is 0 Å². The molecule has 1 aliphatic carbocycles. The summed E-state index contributed by atoms with van der Waals surface area (Å²) in [6, 6.07) is 5.65. The summed E-state index contributed by atoms with van der Waals surface area (Å²) in [4.78, 5) is 12.2. The molecule has 1 aromatic rings. The van der Waals surface area contributed by atoms with Crippen molar-refractivity contribution in [2.24, 2.45) is 0 Å². The highest BCUT2D eigenvalue weighted by Gasteiger charge is 2.38. The van der Waals surface area contributed by atoms with Gasteiger partial charge in [-0.25, -0.2) is 8.42 Å². The van der Waals surface area contributed by atoms with Crippen molar-refractivity contribution in [2.45, 2.75) is 29.8 Å². The normalized spacial score (nSPS) is 22.4. The lowest BCUT2D eigenvalue weighted by Crippen LogP contribution is -2.46. The predicted molar refractivity (Wildman–Crippen MR) is 79.4 cm³/mol. The molecule has 1 N–H and O–H groups in total. The third-order valence-corrected chi connectivity index (χ3v) is 5.88. The van der Waals surface area contributed by atoms with Crippen LogP contribution in [0.5, 0.6) is 0 Å². The van der Waals surface area contributed by atoms with Crippen molar-refractivity contribution in [3.05, 3.63) is 41.4 Å². The Bertz CT molecular complexity index is 698. The molecule has 1 amide bonds. The molecule has 21 heavy (non-hydrogen) atoms. The molecular weight excluding hydrogens is 312 g/mol. The number of amides is 1. The summed E-state index contributed by atoms with van der Waals surface area (Å²) < 4.78 is 26.6. The van der Waals surface area contributed by atoms with Crippen LogP contribution in [0, 0.1) is 0 Å². The Labute approximate surface area is 128 Å². The number of nitrogens with one attached hydrogen (secondary N) is 1. The monoisotopic (exact) mass is 326 g/mol. The number of nitrogens with zero attached hydrogens (tertiary/aromatic N) is 1. The highest BCUT2D eigenvalue weighted by molar-refractivity contribution is 7.89. The van der Waals surface area contributed by atoms with Crippen LogP contribution in [0.2, 0.25) is 5.02 Å². The standard InChI is InChI=1S/C14H15ClN2O3S/c15-11-4-1-2-6-13(11)21(19,20)17-9-3-5-12(17)14(18)16-10-7-8-10/h1-6,10,12H,7-9H2,(H,16,18)/t12-/m0/s1. The first kappa shape index (κ1) is 14.6. The number of rotatable bonds is 4. The van der Waals surface area contributed by atoms with Gasteiger partial charge in [0.15, 0.2) is 0 Å². The van der Waals surface area contributed by atoms with Crippen molar-refractivity contribution in [1.82, 2.24) is 9.62 Å². The third kappa shape index (κ3) is 2.84. The van der Waals surface area contributed by atoms with Gasteiger partial charge in [0.1, 0.15) is 10.9 Å². The minimum atomic E-state index is -3.80. The minimum Gasteiger partial charge on any atom is -0.352 e. The third-order valence-electron chi connectivity index (χ3n) is 3.53. The molecule has 7 heteroatoms. The number of halogens is 1. The van der Waals surface area contributed by atoms with Gasteiger partial charge in [-0.05, 0) is 25.0 Å². The Kier molecular flexibility index (Phi) is 3.77. The first-order valence-electron chi connectivity index (χ1n) is 6.73. The van der Waals surface area contributed by atoms with Crippen molar-refractivity contribution < 1.29 is 13.2 Å². The Morgan fingerprint density at radius 2 is 2.00 bits per heavy atom. The Morgan fingerprint density at radius 1 is 1.29 bits per heavy atom. The van der Waals surface area contributed by atoms with E-state index in [1.165, 1.54) is 16.4 Å². The molecule has 1 aliphatic heterocycles. The molecule has 0 spiro atoms. The van der Waals surface area contributed by atoms with Gasteiger partial charge in [0.25, 0.3) is 0 Å². The molecule has 1 aromatic carbocycles. The fourth-order valence-corrected chi connectivity index (χ4v) is 4.26. The zero-order chi connectivity index (χ0) is 15.0. The molecule has 1 atom stereocenters. The van der Waals surface area contributed by atoms with Gasteiger partial charge in [-0.1, -0.05) is 35.9 Å². The average molecular weight is 327 g/mol. The van der Waals surface area contributed by atoms with Crippen LogP contribution in [0.4, 0.5) is 0 Å². The number of sulfonamides is 1. The number of hydrogen-bond donors (Lipinski definition) is 1. The molecule has 2 aliphatic rings. The second-order valence-corrected chi connectivity index (χ2v) is 7.43. The number of carbonyl (C=O) groups excluding carboxylic acids is 1. The summed E-state index contributed by atoms with van der Waals surface area (Å²) in [7, 11) is -3.80. The van der Waals surface area contributed by atoms with Crippen molar-refractivity contribution in [2.75, 3.05) is 6.54 Å². The SMILES string of the molecule is O=C(NC1CC1)[C@@H]1C=CCN1S(=O)(=O)c1ccccc1Cl. The first-order valence-corrected chi connectivity index (χ1v) is 8.55. The maximum absolute atomic E-state index is 12.7.